The van der Waals surface area contributed by atoms with Crippen molar-refractivity contribution in [3.63, 3.8) is 0 Å². The van der Waals surface area contributed by atoms with Crippen LogP contribution in [0.25, 0.3) is 10.9 Å². The predicted molar refractivity (Wildman–Crippen MR) is 88.3 cm³/mol. The van der Waals surface area contributed by atoms with Gasteiger partial charge in [-0.05, 0) is 53.0 Å². The minimum absolute atomic E-state index is 0.315. The highest BCUT2D eigenvalue weighted by molar-refractivity contribution is 6.65. The number of nitrogens with zero attached hydrogens (tertiary/aromatic N) is 2. The number of rotatable bonds is 2. The van der Waals surface area contributed by atoms with Gasteiger partial charge in [-0.1, -0.05) is 0 Å². The monoisotopic (exact) mass is 298 g/mol. The molecule has 116 valence electrons. The van der Waals surface area contributed by atoms with Gasteiger partial charge in [0.25, 0.3) is 0 Å². The van der Waals surface area contributed by atoms with Crippen LogP contribution in [0.15, 0.2) is 24.7 Å². The molecule has 0 atom stereocenters. The number of hydrogen-bond acceptors (Lipinski definition) is 3. The molecule has 0 unspecified atom stereocenters. The molecule has 2 aromatic heterocycles. The van der Waals surface area contributed by atoms with Crippen LogP contribution in [0.1, 0.15) is 53.0 Å². The van der Waals surface area contributed by atoms with E-state index in [-0.39, 0.29) is 18.3 Å². The van der Waals surface area contributed by atoms with Crippen LogP contribution in [0.2, 0.25) is 0 Å². The quantitative estimate of drug-likeness (QED) is 0.800. The van der Waals surface area contributed by atoms with E-state index >= 15 is 0 Å². The summed E-state index contributed by atoms with van der Waals surface area (Å²) in [6, 6.07) is 2.71. The Morgan fingerprint density at radius 1 is 1.18 bits per heavy atom. The average molecular weight is 298 g/mol. The minimum atomic E-state index is -0.321. The second kappa shape index (κ2) is 4.59. The van der Waals surface area contributed by atoms with E-state index in [1.165, 1.54) is 24.8 Å². The summed E-state index contributed by atoms with van der Waals surface area (Å²) >= 11 is 0. The van der Waals surface area contributed by atoms with Gasteiger partial charge in [0, 0.05) is 35.5 Å². The van der Waals surface area contributed by atoms with Crippen molar-refractivity contribution in [1.82, 2.24) is 9.55 Å². The first kappa shape index (κ1) is 14.3. The van der Waals surface area contributed by atoms with Crippen LogP contribution < -0.4 is 5.46 Å². The molecular formula is C17H23BN2O2. The molecule has 1 saturated heterocycles. The van der Waals surface area contributed by atoms with E-state index in [4.69, 9.17) is 9.31 Å². The van der Waals surface area contributed by atoms with E-state index in [1.54, 1.807) is 0 Å². The van der Waals surface area contributed by atoms with Gasteiger partial charge in [0.2, 0.25) is 0 Å². The van der Waals surface area contributed by atoms with Crippen molar-refractivity contribution in [2.45, 2.75) is 64.2 Å². The van der Waals surface area contributed by atoms with Gasteiger partial charge in [-0.25, -0.2) is 0 Å². The highest BCUT2D eigenvalue weighted by atomic mass is 16.7. The summed E-state index contributed by atoms with van der Waals surface area (Å²) in [5.41, 5.74) is 1.72. The zero-order valence-electron chi connectivity index (χ0n) is 13.8. The molecule has 4 rings (SSSR count). The molecule has 0 amide bonds. The van der Waals surface area contributed by atoms with Gasteiger partial charge in [-0.3, -0.25) is 4.98 Å². The van der Waals surface area contributed by atoms with Crippen molar-refractivity contribution in [2.75, 3.05) is 0 Å². The third kappa shape index (κ3) is 1.95. The summed E-state index contributed by atoms with van der Waals surface area (Å²) in [7, 11) is -0.321. The Bertz CT molecular complexity index is 703. The Morgan fingerprint density at radius 3 is 2.45 bits per heavy atom. The average Bonchev–Trinajstić information content (AvgIpc) is 2.84. The molecule has 2 aromatic rings. The Morgan fingerprint density at radius 2 is 1.86 bits per heavy atom. The largest absolute Gasteiger partial charge is 0.497 e. The third-order valence-electron chi connectivity index (χ3n) is 5.64. The van der Waals surface area contributed by atoms with E-state index in [0.29, 0.717) is 6.04 Å². The maximum atomic E-state index is 6.24. The van der Waals surface area contributed by atoms with E-state index in [2.05, 4.69) is 49.5 Å². The van der Waals surface area contributed by atoms with E-state index in [9.17, 15) is 0 Å². The van der Waals surface area contributed by atoms with Crippen molar-refractivity contribution in [2.24, 2.45) is 0 Å². The van der Waals surface area contributed by atoms with Crippen LogP contribution in [-0.4, -0.2) is 27.9 Å². The van der Waals surface area contributed by atoms with E-state index < -0.39 is 0 Å². The van der Waals surface area contributed by atoms with Crippen LogP contribution in [0.5, 0.6) is 0 Å². The zero-order chi connectivity index (χ0) is 15.5. The van der Waals surface area contributed by atoms with Gasteiger partial charge in [-0.2, -0.15) is 0 Å². The molecule has 0 bridgehead atoms. The Labute approximate surface area is 132 Å². The lowest BCUT2D eigenvalue weighted by atomic mass is 9.79. The smallest absolute Gasteiger partial charge is 0.399 e. The Kier molecular flexibility index (Phi) is 2.98. The van der Waals surface area contributed by atoms with Crippen LogP contribution in [0.4, 0.5) is 0 Å². The highest BCUT2D eigenvalue weighted by Crippen LogP contribution is 2.38. The van der Waals surface area contributed by atoms with Crippen LogP contribution >= 0.6 is 0 Å². The number of aromatic nitrogens is 2. The molecule has 3 heterocycles. The summed E-state index contributed by atoms with van der Waals surface area (Å²) in [6.45, 7) is 8.37. The zero-order valence-corrected chi connectivity index (χ0v) is 13.8. The second-order valence-electron chi connectivity index (χ2n) is 7.56. The predicted octanol–water partition coefficient (Wildman–Crippen LogP) is 3.06. The maximum absolute atomic E-state index is 6.24. The topological polar surface area (TPSA) is 36.3 Å². The fourth-order valence-corrected chi connectivity index (χ4v) is 3.25. The van der Waals surface area contributed by atoms with Crippen LogP contribution in [0.3, 0.4) is 0 Å². The molecule has 0 N–H and O–H groups in total. The molecule has 4 nitrogen and oxygen atoms in total. The number of hydrogen-bond donors (Lipinski definition) is 0. The SMILES string of the molecule is CC1(C)OB(c2cn(C3CCC3)c3ccncc23)OC1(C)C. The van der Waals surface area contributed by atoms with Gasteiger partial charge >= 0.3 is 7.12 Å². The molecule has 5 heteroatoms. The first-order valence-corrected chi connectivity index (χ1v) is 8.19. The molecule has 0 aromatic carbocycles. The summed E-state index contributed by atoms with van der Waals surface area (Å²) in [4.78, 5) is 4.31. The second-order valence-corrected chi connectivity index (χ2v) is 7.56. The minimum Gasteiger partial charge on any atom is -0.399 e. The molecule has 2 aliphatic rings. The number of fused-ring (bicyclic) bond motifs is 1. The first-order chi connectivity index (χ1) is 10.4. The van der Waals surface area contributed by atoms with Crippen LogP contribution in [0, 0.1) is 0 Å². The Hall–Kier alpha value is -1.33. The lowest BCUT2D eigenvalue weighted by Crippen LogP contribution is -2.41. The molecule has 0 radical (unpaired) electrons. The fraction of sp³-hybridized carbons (Fsp3) is 0.588. The van der Waals surface area contributed by atoms with Gasteiger partial charge < -0.3 is 13.9 Å². The summed E-state index contributed by atoms with van der Waals surface area (Å²) < 4.78 is 14.9. The van der Waals surface area contributed by atoms with Crippen LogP contribution in [-0.2, 0) is 9.31 Å². The molecule has 2 fully saturated rings. The van der Waals surface area contributed by atoms with Gasteiger partial charge in [0.05, 0.1) is 16.7 Å². The fourth-order valence-electron chi connectivity index (χ4n) is 3.25. The van der Waals surface area contributed by atoms with Gasteiger partial charge in [0.1, 0.15) is 0 Å². The van der Waals surface area contributed by atoms with Gasteiger partial charge in [0.15, 0.2) is 0 Å². The molecule has 0 spiro atoms. The molecule has 1 aliphatic carbocycles. The standard InChI is InChI=1S/C17H23BN2O2/c1-16(2)17(3,4)22-18(21-16)14-11-20(12-6-5-7-12)15-8-9-19-10-13(14)15/h8-12H,5-7H2,1-4H3. The molecule has 22 heavy (non-hydrogen) atoms. The van der Waals surface area contributed by atoms with E-state index in [0.717, 1.165) is 10.8 Å². The lowest BCUT2D eigenvalue weighted by molar-refractivity contribution is 0.00578. The number of pyridine rings is 1. The summed E-state index contributed by atoms with van der Waals surface area (Å²) in [6.07, 6.45) is 9.86. The van der Waals surface area contributed by atoms with Crippen molar-refractivity contribution < 1.29 is 9.31 Å². The molecular weight excluding hydrogens is 275 g/mol. The normalized spacial score (nSPS) is 23.9. The lowest BCUT2D eigenvalue weighted by Gasteiger charge is -2.32. The Balaban J connectivity index is 1.79. The van der Waals surface area contributed by atoms with Crippen molar-refractivity contribution in [3.05, 3.63) is 24.7 Å². The molecule has 1 saturated carbocycles. The maximum Gasteiger partial charge on any atom is 0.497 e. The third-order valence-corrected chi connectivity index (χ3v) is 5.64. The van der Waals surface area contributed by atoms with Crippen molar-refractivity contribution in [3.8, 4) is 0 Å². The highest BCUT2D eigenvalue weighted by Gasteiger charge is 2.52. The first-order valence-electron chi connectivity index (χ1n) is 8.19. The van der Waals surface area contributed by atoms with E-state index in [1.807, 2.05) is 12.4 Å². The van der Waals surface area contributed by atoms with Crippen molar-refractivity contribution >= 4 is 23.5 Å². The summed E-state index contributed by atoms with van der Waals surface area (Å²) in [5.74, 6) is 0. The molecule has 1 aliphatic heterocycles. The van der Waals surface area contributed by atoms with Crippen molar-refractivity contribution in [1.29, 1.82) is 0 Å². The summed E-state index contributed by atoms with van der Waals surface area (Å²) in [5, 5.41) is 1.15. The van der Waals surface area contributed by atoms with Gasteiger partial charge in [-0.15, -0.1) is 0 Å².